The van der Waals surface area contributed by atoms with Gasteiger partial charge in [0, 0.05) is 18.1 Å². The lowest BCUT2D eigenvalue weighted by molar-refractivity contribution is -0.133. The summed E-state index contributed by atoms with van der Waals surface area (Å²) in [6, 6.07) is 7.18. The van der Waals surface area contributed by atoms with Gasteiger partial charge in [-0.25, -0.2) is 4.79 Å². The molecule has 20 heavy (non-hydrogen) atoms. The minimum Gasteiger partial charge on any atom is -0.428 e. The van der Waals surface area contributed by atoms with Crippen LogP contribution in [0.4, 0.5) is 0 Å². The summed E-state index contributed by atoms with van der Waals surface area (Å²) < 4.78 is 5.16. The molecule has 0 amide bonds. The number of benzene rings is 1. The van der Waals surface area contributed by atoms with Crippen LogP contribution in [0.25, 0.3) is 6.08 Å². The zero-order chi connectivity index (χ0) is 14.2. The van der Waals surface area contributed by atoms with E-state index in [0.29, 0.717) is 5.56 Å². The largest absolute Gasteiger partial charge is 0.428 e. The summed E-state index contributed by atoms with van der Waals surface area (Å²) in [5.41, 5.74) is 1.61. The van der Waals surface area contributed by atoms with Crippen LogP contribution in [0.3, 0.4) is 0 Å². The minimum atomic E-state index is -0.348. The zero-order valence-corrected chi connectivity index (χ0v) is 11.1. The maximum Gasteiger partial charge on any atom is 0.335 e. The third-order valence-electron chi connectivity index (χ3n) is 2.94. The summed E-state index contributed by atoms with van der Waals surface area (Å²) in [5.74, 6) is 0.423. The number of esters is 1. The van der Waals surface area contributed by atoms with Crippen LogP contribution in [0.5, 0.6) is 0 Å². The van der Waals surface area contributed by atoms with Gasteiger partial charge in [-0.05, 0) is 24.5 Å². The number of rotatable bonds is 5. The van der Waals surface area contributed by atoms with E-state index in [0.717, 1.165) is 36.9 Å². The second kappa shape index (κ2) is 7.24. The number of ether oxygens (including phenoxy) is 1. The molecule has 3 nitrogen and oxygen atoms in total. The Balaban J connectivity index is 1.83. The number of hydrogen-bond donors (Lipinski definition) is 0. The molecule has 0 aliphatic heterocycles. The number of aldehydes is 1. The summed E-state index contributed by atoms with van der Waals surface area (Å²) in [7, 11) is 0. The van der Waals surface area contributed by atoms with Gasteiger partial charge in [0.25, 0.3) is 0 Å². The number of allylic oxidation sites excluding steroid dienone is 4. The number of hydrogen-bond acceptors (Lipinski definition) is 3. The highest BCUT2D eigenvalue weighted by Crippen LogP contribution is 2.18. The van der Waals surface area contributed by atoms with Crippen molar-refractivity contribution in [2.24, 2.45) is 0 Å². The number of carbonyl (C=O) groups excluding carboxylic acids is 2. The highest BCUT2D eigenvalue weighted by molar-refractivity contribution is 5.83. The molecular formula is C17H16O3. The Morgan fingerprint density at radius 1 is 1.10 bits per heavy atom. The quantitative estimate of drug-likeness (QED) is 0.354. The molecule has 2 rings (SSSR count). The van der Waals surface area contributed by atoms with Crippen LogP contribution in [0, 0.1) is 0 Å². The molecule has 0 radical (unpaired) electrons. The molecule has 0 fully saturated rings. The highest BCUT2D eigenvalue weighted by atomic mass is 16.5. The topological polar surface area (TPSA) is 43.4 Å². The summed E-state index contributed by atoms with van der Waals surface area (Å²) >= 11 is 0. The second-order valence-corrected chi connectivity index (χ2v) is 4.49. The molecule has 0 bridgehead atoms. The first-order valence-electron chi connectivity index (χ1n) is 6.59. The maximum absolute atomic E-state index is 11.5. The molecule has 102 valence electrons. The second-order valence-electron chi connectivity index (χ2n) is 4.49. The van der Waals surface area contributed by atoms with E-state index in [1.165, 1.54) is 6.08 Å². The van der Waals surface area contributed by atoms with Gasteiger partial charge in [-0.3, -0.25) is 4.79 Å². The summed E-state index contributed by atoms with van der Waals surface area (Å²) in [4.78, 5) is 22.0. The van der Waals surface area contributed by atoms with E-state index in [2.05, 4.69) is 0 Å². The third kappa shape index (κ3) is 4.35. The van der Waals surface area contributed by atoms with Crippen LogP contribution in [-0.4, -0.2) is 12.3 Å². The van der Waals surface area contributed by atoms with Crippen LogP contribution in [0.2, 0.25) is 0 Å². The standard InChI is InChI=1S/C17H16O3/c18-13-15-11-9-14(10-12-15)5-1-4-8-17(19)20-16-6-2-3-7-16/h1,4-6,8-13H,2-3,7H2/b5-1+,8-4+. The van der Waals surface area contributed by atoms with Crippen molar-refractivity contribution in [3.8, 4) is 0 Å². The average molecular weight is 268 g/mol. The fourth-order valence-electron chi connectivity index (χ4n) is 1.88. The van der Waals surface area contributed by atoms with Gasteiger partial charge in [-0.1, -0.05) is 42.5 Å². The van der Waals surface area contributed by atoms with Crippen molar-refractivity contribution in [2.45, 2.75) is 19.3 Å². The van der Waals surface area contributed by atoms with Crippen LogP contribution < -0.4 is 0 Å². The van der Waals surface area contributed by atoms with Crippen molar-refractivity contribution in [1.29, 1.82) is 0 Å². The summed E-state index contributed by atoms with van der Waals surface area (Å²) in [5, 5.41) is 0. The highest BCUT2D eigenvalue weighted by Gasteiger charge is 2.07. The molecule has 0 N–H and O–H groups in total. The average Bonchev–Trinajstić information content (AvgIpc) is 2.97. The first-order chi connectivity index (χ1) is 9.78. The predicted octanol–water partition coefficient (Wildman–Crippen LogP) is 3.68. The summed E-state index contributed by atoms with van der Waals surface area (Å²) in [6.45, 7) is 0. The van der Waals surface area contributed by atoms with Crippen molar-refractivity contribution in [1.82, 2.24) is 0 Å². The Morgan fingerprint density at radius 3 is 2.50 bits per heavy atom. The molecule has 1 aromatic rings. The first kappa shape index (κ1) is 14.0. The molecule has 0 unspecified atom stereocenters. The Bertz CT molecular complexity index is 562. The van der Waals surface area contributed by atoms with E-state index in [-0.39, 0.29) is 5.97 Å². The Kier molecular flexibility index (Phi) is 5.07. The maximum atomic E-state index is 11.5. The van der Waals surface area contributed by atoms with Gasteiger partial charge in [-0.15, -0.1) is 0 Å². The van der Waals surface area contributed by atoms with Crippen LogP contribution in [0.15, 0.2) is 54.3 Å². The first-order valence-corrected chi connectivity index (χ1v) is 6.59. The van der Waals surface area contributed by atoms with E-state index in [4.69, 9.17) is 4.74 Å². The van der Waals surface area contributed by atoms with Crippen molar-refractivity contribution in [3.63, 3.8) is 0 Å². The van der Waals surface area contributed by atoms with Gasteiger partial charge >= 0.3 is 5.97 Å². The molecule has 0 saturated carbocycles. The van der Waals surface area contributed by atoms with Gasteiger partial charge in [0.15, 0.2) is 0 Å². The van der Waals surface area contributed by atoms with Gasteiger partial charge in [0.2, 0.25) is 0 Å². The van der Waals surface area contributed by atoms with Crippen LogP contribution in [0.1, 0.15) is 35.2 Å². The molecule has 0 heterocycles. The normalized spacial score (nSPS) is 14.7. The van der Waals surface area contributed by atoms with Crippen molar-refractivity contribution in [2.75, 3.05) is 0 Å². The fourth-order valence-corrected chi connectivity index (χ4v) is 1.88. The van der Waals surface area contributed by atoms with E-state index in [1.807, 2.05) is 24.3 Å². The Morgan fingerprint density at radius 2 is 1.85 bits per heavy atom. The Hall–Kier alpha value is -2.42. The van der Waals surface area contributed by atoms with Crippen molar-refractivity contribution in [3.05, 3.63) is 65.5 Å². The van der Waals surface area contributed by atoms with Crippen LogP contribution >= 0.6 is 0 Å². The lowest BCUT2D eigenvalue weighted by atomic mass is 10.1. The lowest BCUT2D eigenvalue weighted by Gasteiger charge is -1.99. The number of carbonyl (C=O) groups is 2. The molecule has 1 aromatic carbocycles. The molecule has 1 aliphatic rings. The van der Waals surface area contributed by atoms with E-state index in [9.17, 15) is 9.59 Å². The summed E-state index contributed by atoms with van der Waals surface area (Å²) in [6.07, 6.45) is 12.3. The minimum absolute atomic E-state index is 0.348. The van der Waals surface area contributed by atoms with E-state index < -0.39 is 0 Å². The molecule has 0 saturated heterocycles. The monoisotopic (exact) mass is 268 g/mol. The predicted molar refractivity (Wildman–Crippen MR) is 78.0 cm³/mol. The van der Waals surface area contributed by atoms with Crippen LogP contribution in [-0.2, 0) is 9.53 Å². The molecule has 0 spiro atoms. The molecule has 0 atom stereocenters. The van der Waals surface area contributed by atoms with E-state index >= 15 is 0 Å². The lowest BCUT2D eigenvalue weighted by Crippen LogP contribution is -1.98. The zero-order valence-electron chi connectivity index (χ0n) is 11.1. The van der Waals surface area contributed by atoms with E-state index in [1.54, 1.807) is 24.3 Å². The molecule has 1 aliphatic carbocycles. The van der Waals surface area contributed by atoms with Crippen molar-refractivity contribution >= 4 is 18.3 Å². The molecule has 0 aromatic heterocycles. The fraction of sp³-hybridized carbons (Fsp3) is 0.176. The Labute approximate surface area is 118 Å². The smallest absolute Gasteiger partial charge is 0.335 e. The third-order valence-corrected chi connectivity index (χ3v) is 2.94. The SMILES string of the molecule is O=Cc1ccc(/C=C/C=C/C(=O)OC2=CCCC2)cc1. The van der Waals surface area contributed by atoms with Gasteiger partial charge in [-0.2, -0.15) is 0 Å². The molecule has 3 heteroatoms. The van der Waals surface area contributed by atoms with Gasteiger partial charge in [0.05, 0.1) is 0 Å². The van der Waals surface area contributed by atoms with Gasteiger partial charge < -0.3 is 4.74 Å². The molecular weight excluding hydrogens is 252 g/mol. The van der Waals surface area contributed by atoms with Gasteiger partial charge in [0.1, 0.15) is 12.0 Å². The van der Waals surface area contributed by atoms with Crippen molar-refractivity contribution < 1.29 is 14.3 Å².